The van der Waals surface area contributed by atoms with Crippen LogP contribution in [-0.2, 0) is 0 Å². The standard InChI is InChI=1S/C16H19ClN2O/c1-11(13-5-4-6-15(17)9-13)19(3)16-10-14(12(2)20)7-8-18-16/h4-12,20H,1-3H3/t11?,12-/m0/s1. The third-order valence-corrected chi connectivity index (χ3v) is 3.76. The molecular weight excluding hydrogens is 272 g/mol. The Bertz CT molecular complexity index is 586. The lowest BCUT2D eigenvalue weighted by Crippen LogP contribution is -2.22. The van der Waals surface area contributed by atoms with Gasteiger partial charge in [-0.15, -0.1) is 0 Å². The second-order valence-electron chi connectivity index (χ2n) is 4.97. The highest BCUT2D eigenvalue weighted by Gasteiger charge is 2.14. The molecule has 1 aromatic heterocycles. The van der Waals surface area contributed by atoms with Gasteiger partial charge in [0.2, 0.25) is 0 Å². The third kappa shape index (κ3) is 3.30. The number of benzene rings is 1. The summed E-state index contributed by atoms with van der Waals surface area (Å²) in [5.41, 5.74) is 1.99. The molecule has 0 fully saturated rings. The number of aliphatic hydroxyl groups excluding tert-OH is 1. The highest BCUT2D eigenvalue weighted by atomic mass is 35.5. The van der Waals surface area contributed by atoms with Crippen molar-refractivity contribution in [2.24, 2.45) is 0 Å². The van der Waals surface area contributed by atoms with Gasteiger partial charge in [0.25, 0.3) is 0 Å². The van der Waals surface area contributed by atoms with Gasteiger partial charge in [0.15, 0.2) is 0 Å². The van der Waals surface area contributed by atoms with E-state index in [1.54, 1.807) is 13.1 Å². The van der Waals surface area contributed by atoms with Gasteiger partial charge in [0.1, 0.15) is 5.82 Å². The van der Waals surface area contributed by atoms with Gasteiger partial charge in [-0.1, -0.05) is 23.7 Å². The Morgan fingerprint density at radius 3 is 2.55 bits per heavy atom. The lowest BCUT2D eigenvalue weighted by Gasteiger charge is -2.27. The Morgan fingerprint density at radius 1 is 1.15 bits per heavy atom. The summed E-state index contributed by atoms with van der Waals surface area (Å²) >= 11 is 6.04. The summed E-state index contributed by atoms with van der Waals surface area (Å²) in [5.74, 6) is 0.830. The van der Waals surface area contributed by atoms with Gasteiger partial charge in [-0.2, -0.15) is 0 Å². The number of nitrogens with zero attached hydrogens (tertiary/aromatic N) is 2. The first-order valence-electron chi connectivity index (χ1n) is 6.61. The summed E-state index contributed by atoms with van der Waals surface area (Å²) in [4.78, 5) is 6.44. The zero-order valence-electron chi connectivity index (χ0n) is 11.9. The van der Waals surface area contributed by atoms with Crippen molar-refractivity contribution < 1.29 is 5.11 Å². The predicted octanol–water partition coefficient (Wildman–Crippen LogP) is 3.99. The minimum absolute atomic E-state index is 0.144. The van der Waals surface area contributed by atoms with Crippen LogP contribution in [-0.4, -0.2) is 17.1 Å². The van der Waals surface area contributed by atoms with E-state index in [1.807, 2.05) is 43.4 Å². The van der Waals surface area contributed by atoms with Crippen LogP contribution in [0.1, 0.15) is 37.1 Å². The first-order valence-corrected chi connectivity index (χ1v) is 6.99. The van der Waals surface area contributed by atoms with E-state index < -0.39 is 6.10 Å². The van der Waals surface area contributed by atoms with Crippen LogP contribution in [0.3, 0.4) is 0 Å². The monoisotopic (exact) mass is 290 g/mol. The van der Waals surface area contributed by atoms with Crippen LogP contribution in [0.5, 0.6) is 0 Å². The molecule has 20 heavy (non-hydrogen) atoms. The first-order chi connectivity index (χ1) is 9.49. The highest BCUT2D eigenvalue weighted by Crippen LogP contribution is 2.26. The van der Waals surface area contributed by atoms with Crippen molar-refractivity contribution >= 4 is 17.4 Å². The Morgan fingerprint density at radius 2 is 1.90 bits per heavy atom. The molecule has 0 spiro atoms. The van der Waals surface area contributed by atoms with Gasteiger partial charge in [-0.25, -0.2) is 4.98 Å². The average Bonchev–Trinajstić information content (AvgIpc) is 2.45. The number of rotatable bonds is 4. The highest BCUT2D eigenvalue weighted by molar-refractivity contribution is 6.30. The summed E-state index contributed by atoms with van der Waals surface area (Å²) in [7, 11) is 1.99. The zero-order valence-corrected chi connectivity index (χ0v) is 12.7. The largest absolute Gasteiger partial charge is 0.389 e. The fourth-order valence-electron chi connectivity index (χ4n) is 2.08. The molecule has 0 saturated heterocycles. The zero-order chi connectivity index (χ0) is 14.7. The molecule has 1 unspecified atom stereocenters. The van der Waals surface area contributed by atoms with Crippen molar-refractivity contribution in [1.82, 2.24) is 4.98 Å². The Labute approximate surface area is 124 Å². The normalized spacial score (nSPS) is 13.8. The Kier molecular flexibility index (Phi) is 4.63. The van der Waals surface area contributed by atoms with Crippen LogP contribution >= 0.6 is 11.6 Å². The molecule has 0 amide bonds. The number of pyridine rings is 1. The molecule has 1 heterocycles. The maximum absolute atomic E-state index is 9.66. The lowest BCUT2D eigenvalue weighted by atomic mass is 10.1. The van der Waals surface area contributed by atoms with Crippen LogP contribution < -0.4 is 4.90 Å². The molecule has 1 N–H and O–H groups in total. The third-order valence-electron chi connectivity index (χ3n) is 3.53. The molecule has 4 heteroatoms. The maximum Gasteiger partial charge on any atom is 0.129 e. The Hall–Kier alpha value is -1.58. The van der Waals surface area contributed by atoms with Crippen molar-refractivity contribution in [1.29, 1.82) is 0 Å². The lowest BCUT2D eigenvalue weighted by molar-refractivity contribution is 0.199. The van der Waals surface area contributed by atoms with E-state index in [0.29, 0.717) is 0 Å². The molecule has 2 atom stereocenters. The van der Waals surface area contributed by atoms with Gasteiger partial charge in [0.05, 0.1) is 12.1 Å². The predicted molar refractivity (Wildman–Crippen MR) is 83.1 cm³/mol. The molecule has 0 aliphatic carbocycles. The van der Waals surface area contributed by atoms with Gasteiger partial charge >= 0.3 is 0 Å². The fourth-order valence-corrected chi connectivity index (χ4v) is 2.27. The van der Waals surface area contributed by atoms with Gasteiger partial charge in [-0.05, 0) is 49.2 Å². The molecule has 0 radical (unpaired) electrons. The van der Waals surface area contributed by atoms with E-state index in [0.717, 1.165) is 22.0 Å². The van der Waals surface area contributed by atoms with Crippen LogP contribution in [0.2, 0.25) is 5.02 Å². The molecule has 0 saturated carbocycles. The molecule has 2 aromatic rings. The summed E-state index contributed by atoms with van der Waals surface area (Å²) in [6, 6.07) is 11.7. The van der Waals surface area contributed by atoms with E-state index in [2.05, 4.69) is 16.8 Å². The minimum atomic E-state index is -0.494. The Balaban J connectivity index is 2.26. The molecule has 1 aromatic carbocycles. The van der Waals surface area contributed by atoms with Crippen molar-refractivity contribution in [3.63, 3.8) is 0 Å². The van der Waals surface area contributed by atoms with Gasteiger partial charge in [-0.3, -0.25) is 0 Å². The van der Waals surface area contributed by atoms with Crippen LogP contribution in [0.4, 0.5) is 5.82 Å². The number of hydrogen-bond donors (Lipinski definition) is 1. The summed E-state index contributed by atoms with van der Waals surface area (Å²) in [6.07, 6.45) is 1.23. The number of aromatic nitrogens is 1. The van der Waals surface area contributed by atoms with E-state index >= 15 is 0 Å². The van der Waals surface area contributed by atoms with Crippen molar-refractivity contribution in [2.75, 3.05) is 11.9 Å². The SMILES string of the molecule is CC(c1cccc(Cl)c1)N(C)c1cc([C@H](C)O)ccn1. The van der Waals surface area contributed by atoms with Crippen LogP contribution in [0, 0.1) is 0 Å². The summed E-state index contributed by atoms with van der Waals surface area (Å²) in [6.45, 7) is 3.85. The minimum Gasteiger partial charge on any atom is -0.389 e. The molecule has 106 valence electrons. The number of aliphatic hydroxyl groups is 1. The van der Waals surface area contributed by atoms with E-state index in [4.69, 9.17) is 11.6 Å². The number of anilines is 1. The second-order valence-corrected chi connectivity index (χ2v) is 5.40. The smallest absolute Gasteiger partial charge is 0.129 e. The van der Waals surface area contributed by atoms with Crippen molar-refractivity contribution in [3.05, 3.63) is 58.7 Å². The van der Waals surface area contributed by atoms with Crippen molar-refractivity contribution in [2.45, 2.75) is 26.0 Å². The topological polar surface area (TPSA) is 36.4 Å². The first kappa shape index (κ1) is 14.8. The van der Waals surface area contributed by atoms with Crippen molar-refractivity contribution in [3.8, 4) is 0 Å². The quantitative estimate of drug-likeness (QED) is 0.925. The maximum atomic E-state index is 9.66. The van der Waals surface area contributed by atoms with Crippen LogP contribution in [0.15, 0.2) is 42.6 Å². The molecule has 0 aliphatic heterocycles. The molecule has 2 rings (SSSR count). The number of halogens is 1. The van der Waals surface area contributed by atoms with E-state index in [1.165, 1.54) is 0 Å². The summed E-state index contributed by atoms with van der Waals surface area (Å²) < 4.78 is 0. The molecule has 0 aliphatic rings. The second kappa shape index (κ2) is 6.25. The fraction of sp³-hybridized carbons (Fsp3) is 0.312. The number of hydrogen-bond acceptors (Lipinski definition) is 3. The summed E-state index contributed by atoms with van der Waals surface area (Å²) in [5, 5.41) is 10.4. The van der Waals surface area contributed by atoms with E-state index in [-0.39, 0.29) is 6.04 Å². The van der Waals surface area contributed by atoms with Gasteiger partial charge in [0, 0.05) is 18.3 Å². The molecule has 3 nitrogen and oxygen atoms in total. The molecular formula is C16H19ClN2O. The van der Waals surface area contributed by atoms with Crippen LogP contribution in [0.25, 0.3) is 0 Å². The molecule has 0 bridgehead atoms. The average molecular weight is 291 g/mol. The van der Waals surface area contributed by atoms with Gasteiger partial charge < -0.3 is 10.0 Å². The van der Waals surface area contributed by atoms with E-state index in [9.17, 15) is 5.11 Å².